The molecule has 0 saturated heterocycles. The maximum absolute atomic E-state index is 9.15. The number of aromatic nitrogens is 1. The molecule has 2 N–H and O–H groups in total. The highest BCUT2D eigenvalue weighted by atomic mass is 16.3. The zero-order valence-electron chi connectivity index (χ0n) is 11.1. The highest BCUT2D eigenvalue weighted by molar-refractivity contribution is 5.84. The van der Waals surface area contributed by atoms with Crippen LogP contribution in [0.15, 0.2) is 60.9 Å². The van der Waals surface area contributed by atoms with Gasteiger partial charge in [-0.2, -0.15) is 0 Å². The van der Waals surface area contributed by atoms with Crippen LogP contribution in [0, 0.1) is 0 Å². The van der Waals surface area contributed by atoms with E-state index in [0.717, 1.165) is 23.2 Å². The van der Waals surface area contributed by atoms with Crippen LogP contribution < -0.4 is 5.32 Å². The van der Waals surface area contributed by atoms with E-state index < -0.39 is 0 Å². The lowest BCUT2D eigenvalue weighted by Crippen LogP contribution is -2.00. The SMILES string of the molecule is OCc1cccc(NCc2cccc3cnccc23)c1. The molecule has 1 heterocycles. The Morgan fingerprint density at radius 2 is 1.95 bits per heavy atom. The molecule has 0 atom stereocenters. The highest BCUT2D eigenvalue weighted by Crippen LogP contribution is 2.19. The first-order valence-corrected chi connectivity index (χ1v) is 6.62. The third-order valence-electron chi connectivity index (χ3n) is 3.36. The minimum atomic E-state index is 0.0649. The summed E-state index contributed by atoms with van der Waals surface area (Å²) in [6.45, 7) is 0.811. The van der Waals surface area contributed by atoms with Gasteiger partial charge in [0.25, 0.3) is 0 Å². The number of rotatable bonds is 4. The first-order valence-electron chi connectivity index (χ1n) is 6.62. The Kier molecular flexibility index (Phi) is 3.61. The van der Waals surface area contributed by atoms with E-state index in [2.05, 4.69) is 22.4 Å². The third kappa shape index (κ3) is 2.63. The van der Waals surface area contributed by atoms with Gasteiger partial charge in [-0.1, -0.05) is 30.3 Å². The predicted molar refractivity (Wildman–Crippen MR) is 81.4 cm³/mol. The van der Waals surface area contributed by atoms with E-state index in [1.165, 1.54) is 10.9 Å². The molecule has 3 nitrogen and oxygen atoms in total. The Bertz CT molecular complexity index is 720. The molecule has 0 amide bonds. The Labute approximate surface area is 117 Å². The van der Waals surface area contributed by atoms with E-state index in [1.807, 2.05) is 48.8 Å². The first-order chi connectivity index (χ1) is 9.86. The molecule has 100 valence electrons. The third-order valence-corrected chi connectivity index (χ3v) is 3.36. The zero-order valence-corrected chi connectivity index (χ0v) is 11.1. The van der Waals surface area contributed by atoms with Crippen LogP contribution in [0.25, 0.3) is 10.8 Å². The van der Waals surface area contributed by atoms with Crippen molar-refractivity contribution in [3.8, 4) is 0 Å². The van der Waals surface area contributed by atoms with Gasteiger partial charge in [-0.05, 0) is 34.7 Å². The Morgan fingerprint density at radius 3 is 2.85 bits per heavy atom. The number of aliphatic hydroxyl groups is 1. The van der Waals surface area contributed by atoms with Crippen molar-refractivity contribution in [2.45, 2.75) is 13.2 Å². The highest BCUT2D eigenvalue weighted by Gasteiger charge is 2.01. The number of benzene rings is 2. The van der Waals surface area contributed by atoms with Gasteiger partial charge < -0.3 is 10.4 Å². The summed E-state index contributed by atoms with van der Waals surface area (Å²) < 4.78 is 0. The Hall–Kier alpha value is -2.39. The fraction of sp³-hybridized carbons (Fsp3) is 0.118. The monoisotopic (exact) mass is 264 g/mol. The van der Waals surface area contributed by atoms with E-state index in [4.69, 9.17) is 5.11 Å². The van der Waals surface area contributed by atoms with Gasteiger partial charge in [0, 0.05) is 30.0 Å². The molecule has 3 heteroatoms. The number of fused-ring (bicyclic) bond motifs is 1. The molecule has 1 aromatic heterocycles. The number of nitrogens with zero attached hydrogens (tertiary/aromatic N) is 1. The van der Waals surface area contributed by atoms with Gasteiger partial charge in [-0.3, -0.25) is 4.98 Å². The van der Waals surface area contributed by atoms with Crippen molar-refractivity contribution in [3.05, 3.63) is 72.1 Å². The van der Waals surface area contributed by atoms with Gasteiger partial charge in [-0.25, -0.2) is 0 Å². The van der Waals surface area contributed by atoms with Crippen LogP contribution in [-0.4, -0.2) is 10.1 Å². The van der Waals surface area contributed by atoms with Crippen molar-refractivity contribution < 1.29 is 5.11 Å². The molecule has 2 aromatic carbocycles. The van der Waals surface area contributed by atoms with Crippen molar-refractivity contribution in [3.63, 3.8) is 0 Å². The van der Waals surface area contributed by atoms with E-state index in [-0.39, 0.29) is 6.61 Å². The van der Waals surface area contributed by atoms with Crippen LogP contribution in [0.3, 0.4) is 0 Å². The molecular formula is C17H16N2O. The lowest BCUT2D eigenvalue weighted by molar-refractivity contribution is 0.282. The van der Waals surface area contributed by atoms with Gasteiger partial charge >= 0.3 is 0 Å². The average Bonchev–Trinajstić information content (AvgIpc) is 2.53. The lowest BCUT2D eigenvalue weighted by atomic mass is 10.1. The van der Waals surface area contributed by atoms with Crippen LogP contribution in [-0.2, 0) is 13.2 Å². The summed E-state index contributed by atoms with van der Waals surface area (Å²) in [5.74, 6) is 0. The number of hydrogen-bond donors (Lipinski definition) is 2. The van der Waals surface area contributed by atoms with Crippen LogP contribution in [0.2, 0.25) is 0 Å². The summed E-state index contributed by atoms with van der Waals surface area (Å²) >= 11 is 0. The molecule has 0 aliphatic rings. The van der Waals surface area contributed by atoms with Crippen LogP contribution in [0.5, 0.6) is 0 Å². The molecule has 0 bridgehead atoms. The molecule has 0 saturated carbocycles. The summed E-state index contributed by atoms with van der Waals surface area (Å²) in [5, 5.41) is 14.9. The topological polar surface area (TPSA) is 45.1 Å². The van der Waals surface area contributed by atoms with E-state index in [1.54, 1.807) is 0 Å². The van der Waals surface area contributed by atoms with Gasteiger partial charge in [0.1, 0.15) is 0 Å². The number of pyridine rings is 1. The molecule has 3 rings (SSSR count). The summed E-state index contributed by atoms with van der Waals surface area (Å²) in [6.07, 6.45) is 3.70. The molecule has 3 aromatic rings. The smallest absolute Gasteiger partial charge is 0.0682 e. The molecule has 0 unspecified atom stereocenters. The first kappa shape index (κ1) is 12.6. The number of aliphatic hydroxyl groups excluding tert-OH is 1. The number of nitrogens with one attached hydrogen (secondary N) is 1. The van der Waals surface area contributed by atoms with Crippen molar-refractivity contribution >= 4 is 16.5 Å². The fourth-order valence-corrected chi connectivity index (χ4v) is 2.32. The lowest BCUT2D eigenvalue weighted by Gasteiger charge is -2.10. The summed E-state index contributed by atoms with van der Waals surface area (Å²) in [5.41, 5.74) is 3.17. The summed E-state index contributed by atoms with van der Waals surface area (Å²) in [4.78, 5) is 4.15. The van der Waals surface area contributed by atoms with Crippen LogP contribution in [0.1, 0.15) is 11.1 Å². The molecule has 0 aliphatic carbocycles. The van der Waals surface area contributed by atoms with Gasteiger partial charge in [0.05, 0.1) is 6.61 Å². The predicted octanol–water partition coefficient (Wildman–Crippen LogP) is 3.34. The summed E-state index contributed by atoms with van der Waals surface area (Å²) in [7, 11) is 0. The summed E-state index contributed by atoms with van der Waals surface area (Å²) in [6, 6.07) is 16.1. The number of hydrogen-bond acceptors (Lipinski definition) is 3. The second-order valence-electron chi connectivity index (χ2n) is 4.73. The Morgan fingerprint density at radius 1 is 1.05 bits per heavy atom. The van der Waals surface area contributed by atoms with E-state index >= 15 is 0 Å². The van der Waals surface area contributed by atoms with Crippen LogP contribution >= 0.6 is 0 Å². The van der Waals surface area contributed by atoms with Crippen LogP contribution in [0.4, 0.5) is 5.69 Å². The molecule has 0 fully saturated rings. The zero-order chi connectivity index (χ0) is 13.8. The second-order valence-corrected chi connectivity index (χ2v) is 4.73. The minimum Gasteiger partial charge on any atom is -0.392 e. The van der Waals surface area contributed by atoms with Gasteiger partial charge in [0.15, 0.2) is 0 Å². The standard InChI is InChI=1S/C17H16N2O/c20-12-13-3-1-6-16(9-13)19-11-15-5-2-4-14-10-18-8-7-17(14)15/h1-10,19-20H,11-12H2. The van der Waals surface area contributed by atoms with Gasteiger partial charge in [-0.15, -0.1) is 0 Å². The maximum atomic E-state index is 9.15. The molecular weight excluding hydrogens is 248 g/mol. The van der Waals surface area contributed by atoms with Crippen molar-refractivity contribution in [2.75, 3.05) is 5.32 Å². The van der Waals surface area contributed by atoms with E-state index in [0.29, 0.717) is 0 Å². The number of anilines is 1. The maximum Gasteiger partial charge on any atom is 0.0682 e. The molecule has 0 radical (unpaired) electrons. The van der Waals surface area contributed by atoms with Crippen molar-refractivity contribution in [1.29, 1.82) is 0 Å². The second kappa shape index (κ2) is 5.72. The minimum absolute atomic E-state index is 0.0649. The quantitative estimate of drug-likeness (QED) is 0.759. The Balaban J connectivity index is 1.83. The molecule has 0 spiro atoms. The fourth-order valence-electron chi connectivity index (χ4n) is 2.32. The molecule has 20 heavy (non-hydrogen) atoms. The molecule has 0 aliphatic heterocycles. The van der Waals surface area contributed by atoms with E-state index in [9.17, 15) is 0 Å². The van der Waals surface area contributed by atoms with Gasteiger partial charge in [0.2, 0.25) is 0 Å². The average molecular weight is 264 g/mol. The largest absolute Gasteiger partial charge is 0.392 e. The van der Waals surface area contributed by atoms with Crippen molar-refractivity contribution in [2.24, 2.45) is 0 Å². The van der Waals surface area contributed by atoms with Crippen molar-refractivity contribution in [1.82, 2.24) is 4.98 Å². The normalized spacial score (nSPS) is 10.7.